The van der Waals surface area contributed by atoms with Crippen molar-refractivity contribution < 1.29 is 9.21 Å². The number of nitrogens with one attached hydrogen (secondary N) is 1. The second-order valence-corrected chi connectivity index (χ2v) is 5.21. The van der Waals surface area contributed by atoms with E-state index in [1.165, 1.54) is 11.3 Å². The van der Waals surface area contributed by atoms with Gasteiger partial charge in [0.15, 0.2) is 16.2 Å². The molecule has 0 saturated carbocycles. The fourth-order valence-corrected chi connectivity index (χ4v) is 2.67. The van der Waals surface area contributed by atoms with Gasteiger partial charge < -0.3 is 9.73 Å². The van der Waals surface area contributed by atoms with Gasteiger partial charge in [-0.15, -0.1) is 11.3 Å². The summed E-state index contributed by atoms with van der Waals surface area (Å²) < 4.78 is 7.29. The Morgan fingerprint density at radius 1 is 1.43 bits per heavy atom. The van der Waals surface area contributed by atoms with Crippen LogP contribution in [0.25, 0.3) is 16.2 Å². The molecule has 1 N–H and O–H groups in total. The van der Waals surface area contributed by atoms with Crippen LogP contribution in [-0.4, -0.2) is 25.3 Å². The van der Waals surface area contributed by atoms with E-state index < -0.39 is 0 Å². The minimum atomic E-state index is -0.263. The molecular weight excluding hydrogens is 290 g/mol. The first kappa shape index (κ1) is 12.0. The summed E-state index contributed by atoms with van der Waals surface area (Å²) in [5, 5.41) is 4.64. The van der Waals surface area contributed by atoms with Gasteiger partial charge in [0.2, 0.25) is 5.89 Å². The quantitative estimate of drug-likeness (QED) is 0.624. The highest BCUT2D eigenvalue weighted by atomic mass is 32.1. The van der Waals surface area contributed by atoms with Crippen molar-refractivity contribution in [2.45, 2.75) is 6.54 Å². The summed E-state index contributed by atoms with van der Waals surface area (Å²) >= 11 is 1.48. The molecule has 0 saturated heterocycles. The largest absolute Gasteiger partial charge is 0.437 e. The number of oxazole rings is 1. The predicted molar refractivity (Wildman–Crippen MR) is 76.0 cm³/mol. The number of rotatable bonds is 3. The summed E-state index contributed by atoms with van der Waals surface area (Å²) in [5.41, 5.74) is 1.50. The number of pyridine rings is 1. The summed E-state index contributed by atoms with van der Waals surface area (Å²) in [6.07, 6.45) is 5.19. The first-order valence-electron chi connectivity index (χ1n) is 6.20. The van der Waals surface area contributed by atoms with Crippen LogP contribution in [0.4, 0.5) is 0 Å². The lowest BCUT2D eigenvalue weighted by atomic mass is 10.4. The SMILES string of the molecule is O=C(NCc1nc2ncccc2o1)c1cn2ccsc2n1. The van der Waals surface area contributed by atoms with E-state index in [1.54, 1.807) is 24.5 Å². The molecule has 0 aromatic carbocycles. The van der Waals surface area contributed by atoms with Crippen LogP contribution in [0.2, 0.25) is 0 Å². The second kappa shape index (κ2) is 4.67. The molecule has 7 nitrogen and oxygen atoms in total. The minimum Gasteiger partial charge on any atom is -0.437 e. The van der Waals surface area contributed by atoms with Gasteiger partial charge in [0.25, 0.3) is 5.91 Å². The van der Waals surface area contributed by atoms with Crippen LogP contribution in [0.15, 0.2) is 40.5 Å². The normalized spacial score (nSPS) is 11.2. The van der Waals surface area contributed by atoms with E-state index in [0.717, 1.165) is 4.96 Å². The molecular formula is C13H9N5O2S. The fourth-order valence-electron chi connectivity index (χ4n) is 1.97. The number of hydrogen-bond donors (Lipinski definition) is 1. The Morgan fingerprint density at radius 3 is 3.24 bits per heavy atom. The number of nitrogens with zero attached hydrogens (tertiary/aromatic N) is 4. The van der Waals surface area contributed by atoms with Gasteiger partial charge in [-0.25, -0.2) is 9.97 Å². The summed E-state index contributed by atoms with van der Waals surface area (Å²) in [4.78, 5) is 25.3. The van der Waals surface area contributed by atoms with E-state index in [0.29, 0.717) is 22.8 Å². The number of amides is 1. The number of carbonyl (C=O) groups is 1. The first-order chi connectivity index (χ1) is 10.3. The van der Waals surface area contributed by atoms with Crippen molar-refractivity contribution in [3.8, 4) is 0 Å². The molecule has 0 radical (unpaired) electrons. The van der Waals surface area contributed by atoms with Gasteiger partial charge >= 0.3 is 0 Å². The van der Waals surface area contributed by atoms with E-state index in [1.807, 2.05) is 16.0 Å². The van der Waals surface area contributed by atoms with Crippen LogP contribution in [0, 0.1) is 0 Å². The zero-order valence-electron chi connectivity index (χ0n) is 10.7. The van der Waals surface area contributed by atoms with Gasteiger partial charge in [-0.2, -0.15) is 4.98 Å². The molecule has 1 amide bonds. The Labute approximate surface area is 122 Å². The summed E-state index contributed by atoms with van der Waals surface area (Å²) in [7, 11) is 0. The van der Waals surface area contributed by atoms with Gasteiger partial charge in [-0.1, -0.05) is 0 Å². The van der Waals surface area contributed by atoms with Gasteiger partial charge in [0, 0.05) is 24.0 Å². The van der Waals surface area contributed by atoms with Crippen LogP contribution >= 0.6 is 11.3 Å². The molecule has 104 valence electrons. The molecule has 0 bridgehead atoms. The molecule has 21 heavy (non-hydrogen) atoms. The maximum Gasteiger partial charge on any atom is 0.271 e. The van der Waals surface area contributed by atoms with Crippen molar-refractivity contribution in [1.29, 1.82) is 0 Å². The second-order valence-electron chi connectivity index (χ2n) is 4.33. The fraction of sp³-hybridized carbons (Fsp3) is 0.0769. The Hall–Kier alpha value is -2.74. The third kappa shape index (κ3) is 2.15. The Bertz CT molecular complexity index is 877. The first-order valence-corrected chi connectivity index (χ1v) is 7.08. The topological polar surface area (TPSA) is 85.3 Å². The maximum absolute atomic E-state index is 12.0. The Balaban J connectivity index is 1.50. The van der Waals surface area contributed by atoms with E-state index in [2.05, 4.69) is 20.3 Å². The number of fused-ring (bicyclic) bond motifs is 2. The predicted octanol–water partition coefficient (Wildman–Crippen LogP) is 1.86. The van der Waals surface area contributed by atoms with Crippen LogP contribution in [0.5, 0.6) is 0 Å². The minimum absolute atomic E-state index is 0.195. The number of aromatic nitrogens is 4. The molecule has 0 unspecified atom stereocenters. The zero-order chi connectivity index (χ0) is 14.2. The lowest BCUT2D eigenvalue weighted by molar-refractivity contribution is 0.0943. The van der Waals surface area contributed by atoms with Crippen molar-refractivity contribution in [3.63, 3.8) is 0 Å². The molecule has 8 heteroatoms. The summed E-state index contributed by atoms with van der Waals surface area (Å²) in [5.74, 6) is 0.152. The molecule has 0 fully saturated rings. The zero-order valence-corrected chi connectivity index (χ0v) is 11.5. The van der Waals surface area contributed by atoms with Crippen LogP contribution in [0.1, 0.15) is 16.4 Å². The molecule has 0 spiro atoms. The Kier molecular flexibility index (Phi) is 2.68. The number of imidazole rings is 1. The molecule has 4 aromatic heterocycles. The average Bonchev–Trinajstić information content (AvgIpc) is 3.17. The standard InChI is InChI=1S/C13H9N5O2S/c19-12(8-7-18-4-5-21-13(18)16-8)15-6-10-17-11-9(20-10)2-1-3-14-11/h1-5,7H,6H2,(H,15,19). The maximum atomic E-state index is 12.0. The lowest BCUT2D eigenvalue weighted by Crippen LogP contribution is -2.23. The highest BCUT2D eigenvalue weighted by Crippen LogP contribution is 2.13. The van der Waals surface area contributed by atoms with E-state index >= 15 is 0 Å². The van der Waals surface area contributed by atoms with Crippen molar-refractivity contribution in [2.75, 3.05) is 0 Å². The van der Waals surface area contributed by atoms with Crippen molar-refractivity contribution in [2.24, 2.45) is 0 Å². The van der Waals surface area contributed by atoms with Gasteiger partial charge in [0.05, 0.1) is 6.54 Å². The number of thiazole rings is 1. The molecule has 4 aromatic rings. The van der Waals surface area contributed by atoms with Crippen molar-refractivity contribution in [1.82, 2.24) is 24.7 Å². The molecule has 0 aliphatic carbocycles. The van der Waals surface area contributed by atoms with E-state index in [4.69, 9.17) is 4.42 Å². The van der Waals surface area contributed by atoms with Crippen LogP contribution in [-0.2, 0) is 6.54 Å². The molecule has 0 aliphatic heterocycles. The summed E-state index contributed by atoms with van der Waals surface area (Å²) in [6.45, 7) is 0.195. The lowest BCUT2D eigenvalue weighted by Gasteiger charge is -1.98. The third-order valence-corrected chi connectivity index (χ3v) is 3.71. The molecule has 0 aliphatic rings. The van der Waals surface area contributed by atoms with Crippen molar-refractivity contribution >= 4 is 33.4 Å². The van der Waals surface area contributed by atoms with Gasteiger partial charge in [-0.3, -0.25) is 9.20 Å². The van der Waals surface area contributed by atoms with Crippen LogP contribution < -0.4 is 5.32 Å². The highest BCUT2D eigenvalue weighted by molar-refractivity contribution is 7.15. The van der Waals surface area contributed by atoms with E-state index in [-0.39, 0.29) is 12.5 Å². The molecule has 4 heterocycles. The van der Waals surface area contributed by atoms with E-state index in [9.17, 15) is 4.79 Å². The Morgan fingerprint density at radius 2 is 2.38 bits per heavy atom. The average molecular weight is 299 g/mol. The van der Waals surface area contributed by atoms with Gasteiger partial charge in [-0.05, 0) is 12.1 Å². The highest BCUT2D eigenvalue weighted by Gasteiger charge is 2.13. The smallest absolute Gasteiger partial charge is 0.271 e. The van der Waals surface area contributed by atoms with Crippen molar-refractivity contribution in [3.05, 3.63) is 47.7 Å². The molecule has 0 atom stereocenters. The van der Waals surface area contributed by atoms with Crippen LogP contribution in [0.3, 0.4) is 0 Å². The monoisotopic (exact) mass is 299 g/mol. The number of carbonyl (C=O) groups excluding carboxylic acids is 1. The van der Waals surface area contributed by atoms with Gasteiger partial charge in [0.1, 0.15) is 5.69 Å². The number of hydrogen-bond acceptors (Lipinski definition) is 6. The summed E-state index contributed by atoms with van der Waals surface area (Å²) in [6, 6.07) is 3.55. The molecule has 4 rings (SSSR count). The third-order valence-electron chi connectivity index (χ3n) is 2.94.